The monoisotopic (exact) mass is 398 g/mol. The van der Waals surface area contributed by atoms with Gasteiger partial charge in [-0.3, -0.25) is 4.79 Å². The number of benzene rings is 2. The van der Waals surface area contributed by atoms with Gasteiger partial charge in [0, 0.05) is 31.7 Å². The van der Waals surface area contributed by atoms with Gasteiger partial charge in [0.1, 0.15) is 0 Å². The van der Waals surface area contributed by atoms with Gasteiger partial charge in [-0.15, -0.1) is 0 Å². The molecule has 1 amide bonds. The van der Waals surface area contributed by atoms with Gasteiger partial charge in [0.2, 0.25) is 5.91 Å². The molecular formula is C22H27FN4O2. The quantitative estimate of drug-likeness (QED) is 0.555. The summed E-state index contributed by atoms with van der Waals surface area (Å²) in [5, 5.41) is 6.47. The summed E-state index contributed by atoms with van der Waals surface area (Å²) in [5.41, 5.74) is 2.79. The van der Waals surface area contributed by atoms with E-state index in [1.165, 1.54) is 13.2 Å². The maximum Gasteiger partial charge on any atom is 0.227 e. The Kier molecular flexibility index (Phi) is 7.05. The van der Waals surface area contributed by atoms with Crippen molar-refractivity contribution >= 4 is 17.6 Å². The van der Waals surface area contributed by atoms with Crippen LogP contribution >= 0.6 is 0 Å². The molecule has 0 atom stereocenters. The van der Waals surface area contributed by atoms with Crippen LogP contribution in [-0.4, -0.2) is 32.1 Å². The number of ether oxygens (including phenoxy) is 1. The van der Waals surface area contributed by atoms with Crippen LogP contribution in [0.5, 0.6) is 5.75 Å². The molecule has 6 nitrogen and oxygen atoms in total. The van der Waals surface area contributed by atoms with E-state index in [0.717, 1.165) is 36.3 Å². The van der Waals surface area contributed by atoms with Crippen molar-refractivity contribution in [2.45, 2.75) is 32.9 Å². The van der Waals surface area contributed by atoms with Crippen LogP contribution in [0.3, 0.4) is 0 Å². The predicted octanol–water partition coefficient (Wildman–Crippen LogP) is 3.22. The normalized spacial score (nSPS) is 14.2. The summed E-state index contributed by atoms with van der Waals surface area (Å²) in [6.07, 6.45) is 1.55. The van der Waals surface area contributed by atoms with Crippen molar-refractivity contribution in [1.29, 1.82) is 0 Å². The Morgan fingerprint density at radius 1 is 1.17 bits per heavy atom. The van der Waals surface area contributed by atoms with Gasteiger partial charge in [-0.2, -0.15) is 0 Å². The van der Waals surface area contributed by atoms with Crippen molar-refractivity contribution in [3.63, 3.8) is 0 Å². The van der Waals surface area contributed by atoms with Gasteiger partial charge in [0.05, 0.1) is 13.7 Å². The van der Waals surface area contributed by atoms with Gasteiger partial charge >= 0.3 is 0 Å². The molecule has 1 heterocycles. The predicted molar refractivity (Wildman–Crippen MR) is 113 cm³/mol. The fourth-order valence-corrected chi connectivity index (χ4v) is 3.22. The van der Waals surface area contributed by atoms with Crippen LogP contribution in [0.15, 0.2) is 47.5 Å². The summed E-state index contributed by atoms with van der Waals surface area (Å²) in [6.45, 7) is 4.45. The molecule has 0 spiro atoms. The average molecular weight is 398 g/mol. The fourth-order valence-electron chi connectivity index (χ4n) is 3.22. The van der Waals surface area contributed by atoms with E-state index in [9.17, 15) is 9.18 Å². The van der Waals surface area contributed by atoms with Crippen LogP contribution in [0.25, 0.3) is 0 Å². The third-order valence-electron chi connectivity index (χ3n) is 4.76. The minimum atomic E-state index is -0.394. The van der Waals surface area contributed by atoms with Crippen molar-refractivity contribution in [3.05, 3.63) is 59.4 Å². The first-order valence-electron chi connectivity index (χ1n) is 9.84. The highest BCUT2D eigenvalue weighted by Crippen LogP contribution is 2.21. The molecule has 2 aromatic rings. The molecule has 0 unspecified atom stereocenters. The molecule has 2 N–H and O–H groups in total. The number of halogens is 1. The number of hydrogen-bond donors (Lipinski definition) is 2. The van der Waals surface area contributed by atoms with E-state index in [-0.39, 0.29) is 11.7 Å². The zero-order valence-electron chi connectivity index (χ0n) is 16.9. The molecule has 0 saturated carbocycles. The van der Waals surface area contributed by atoms with Crippen LogP contribution in [0.2, 0.25) is 0 Å². The zero-order chi connectivity index (χ0) is 20.6. The largest absolute Gasteiger partial charge is 0.494 e. The lowest BCUT2D eigenvalue weighted by molar-refractivity contribution is -0.117. The number of nitrogens with zero attached hydrogens (tertiary/aromatic N) is 2. The number of hydrogen-bond acceptors (Lipinski definition) is 3. The minimum Gasteiger partial charge on any atom is -0.494 e. The van der Waals surface area contributed by atoms with E-state index in [1.807, 2.05) is 36.1 Å². The molecule has 0 aliphatic carbocycles. The Balaban J connectivity index is 1.59. The number of amides is 1. The molecule has 0 aromatic heterocycles. The molecular weight excluding hydrogens is 371 g/mol. The van der Waals surface area contributed by atoms with Crippen LogP contribution in [0.1, 0.15) is 30.9 Å². The summed E-state index contributed by atoms with van der Waals surface area (Å²) in [7, 11) is 1.44. The van der Waals surface area contributed by atoms with Crippen molar-refractivity contribution in [2.24, 2.45) is 4.99 Å². The first-order chi connectivity index (χ1) is 14.1. The summed E-state index contributed by atoms with van der Waals surface area (Å²) >= 11 is 0. The highest BCUT2D eigenvalue weighted by Gasteiger charge is 2.21. The Morgan fingerprint density at radius 2 is 1.93 bits per heavy atom. The molecule has 1 aliphatic rings. The number of anilines is 1. The van der Waals surface area contributed by atoms with Gasteiger partial charge in [-0.25, -0.2) is 9.38 Å². The number of guanidine groups is 1. The number of rotatable bonds is 7. The van der Waals surface area contributed by atoms with Crippen LogP contribution < -0.4 is 20.3 Å². The van der Waals surface area contributed by atoms with E-state index in [2.05, 4.69) is 15.6 Å². The molecule has 1 fully saturated rings. The topological polar surface area (TPSA) is 66.0 Å². The molecule has 0 radical (unpaired) electrons. The molecule has 7 heteroatoms. The first-order valence-corrected chi connectivity index (χ1v) is 9.84. The summed E-state index contributed by atoms with van der Waals surface area (Å²) < 4.78 is 18.8. The second-order valence-electron chi connectivity index (χ2n) is 6.83. The van der Waals surface area contributed by atoms with E-state index >= 15 is 0 Å². The zero-order valence-corrected chi connectivity index (χ0v) is 16.9. The van der Waals surface area contributed by atoms with Crippen molar-refractivity contribution in [1.82, 2.24) is 10.6 Å². The Bertz CT molecular complexity index is 868. The van der Waals surface area contributed by atoms with E-state index in [4.69, 9.17) is 4.74 Å². The van der Waals surface area contributed by atoms with Crippen LogP contribution in [-0.2, 0) is 17.9 Å². The number of methoxy groups -OCH3 is 1. The molecule has 3 rings (SSSR count). The SMILES string of the molecule is CCNC(=NCc1ccc(OC)c(F)c1)NCc1ccc(N2CCCC2=O)cc1. The Labute approximate surface area is 170 Å². The Morgan fingerprint density at radius 3 is 2.55 bits per heavy atom. The molecule has 154 valence electrons. The second-order valence-corrected chi connectivity index (χ2v) is 6.83. The minimum absolute atomic E-state index is 0.187. The second kappa shape index (κ2) is 9.91. The number of carbonyl (C=O) groups excluding carboxylic acids is 1. The molecule has 1 aliphatic heterocycles. The molecule has 0 bridgehead atoms. The maximum atomic E-state index is 13.8. The van der Waals surface area contributed by atoms with Gasteiger partial charge in [0.25, 0.3) is 0 Å². The lowest BCUT2D eigenvalue weighted by Crippen LogP contribution is -2.36. The van der Waals surface area contributed by atoms with Crippen molar-refractivity contribution in [2.75, 3.05) is 25.1 Å². The fraction of sp³-hybridized carbons (Fsp3) is 0.364. The lowest BCUT2D eigenvalue weighted by Gasteiger charge is -2.16. The summed E-state index contributed by atoms with van der Waals surface area (Å²) in [6, 6.07) is 12.8. The van der Waals surface area contributed by atoms with E-state index in [0.29, 0.717) is 25.5 Å². The van der Waals surface area contributed by atoms with Gasteiger partial charge in [-0.1, -0.05) is 18.2 Å². The molecule has 2 aromatic carbocycles. The lowest BCUT2D eigenvalue weighted by atomic mass is 10.2. The van der Waals surface area contributed by atoms with Gasteiger partial charge < -0.3 is 20.3 Å². The third-order valence-corrected chi connectivity index (χ3v) is 4.76. The highest BCUT2D eigenvalue weighted by molar-refractivity contribution is 5.95. The summed E-state index contributed by atoms with van der Waals surface area (Å²) in [5.74, 6) is 0.673. The number of carbonyl (C=O) groups is 1. The van der Waals surface area contributed by atoms with Gasteiger partial charge in [-0.05, 0) is 48.7 Å². The van der Waals surface area contributed by atoms with E-state index < -0.39 is 5.82 Å². The van der Waals surface area contributed by atoms with Gasteiger partial charge in [0.15, 0.2) is 17.5 Å². The first kappa shape index (κ1) is 20.6. The molecule has 1 saturated heterocycles. The smallest absolute Gasteiger partial charge is 0.227 e. The maximum absolute atomic E-state index is 13.8. The number of aliphatic imine (C=N–C) groups is 1. The standard InChI is InChI=1S/C22H27FN4O2/c1-3-24-22(26-15-17-8-11-20(29-2)19(23)13-17)25-14-16-6-9-18(10-7-16)27-12-4-5-21(27)28/h6-11,13H,3-5,12,14-15H2,1-2H3,(H2,24,25,26). The third kappa shape index (κ3) is 5.47. The Hall–Kier alpha value is -3.09. The van der Waals surface area contributed by atoms with Crippen molar-refractivity contribution in [3.8, 4) is 5.75 Å². The van der Waals surface area contributed by atoms with Crippen LogP contribution in [0, 0.1) is 5.82 Å². The highest BCUT2D eigenvalue weighted by atomic mass is 19.1. The number of nitrogens with one attached hydrogen (secondary N) is 2. The van der Waals surface area contributed by atoms with E-state index in [1.54, 1.807) is 12.1 Å². The average Bonchev–Trinajstić information content (AvgIpc) is 3.16. The summed E-state index contributed by atoms with van der Waals surface area (Å²) in [4.78, 5) is 18.2. The van der Waals surface area contributed by atoms with Crippen LogP contribution in [0.4, 0.5) is 10.1 Å². The molecule has 29 heavy (non-hydrogen) atoms. The van der Waals surface area contributed by atoms with Crippen molar-refractivity contribution < 1.29 is 13.9 Å².